The number of nitrogens with zero attached hydrogens (tertiary/aromatic N) is 1. The number of rotatable bonds is 4. The third-order valence-electron chi connectivity index (χ3n) is 4.94. The van der Waals surface area contributed by atoms with Crippen LogP contribution >= 0.6 is 0 Å². The minimum atomic E-state index is -0.204. The first-order valence-corrected chi connectivity index (χ1v) is 9.08. The number of quaternary nitrogens is 1. The van der Waals surface area contributed by atoms with Crippen LogP contribution in [0.25, 0.3) is 17.0 Å². The van der Waals surface area contributed by atoms with Crippen LogP contribution in [0.1, 0.15) is 21.5 Å². The molecule has 0 unspecified atom stereocenters. The van der Waals surface area contributed by atoms with Gasteiger partial charge in [-0.2, -0.15) is 0 Å². The maximum Gasteiger partial charge on any atom is 0.231 e. The van der Waals surface area contributed by atoms with Crippen LogP contribution in [0.5, 0.6) is 17.2 Å². The number of Topliss-reactive ketones (excluding diaryl/α,β-unsaturated/α-hetero) is 1. The summed E-state index contributed by atoms with van der Waals surface area (Å²) < 4.78 is 13.2. The number of ketones is 1. The van der Waals surface area contributed by atoms with Gasteiger partial charge in [-0.05, 0) is 30.3 Å². The SMILES string of the molecule is COc1ccc2c(c1)c(/C=C1/Oc3c(ccc([O-])c3C[NH+](C)C)C1=O)cn2C. The summed E-state index contributed by atoms with van der Waals surface area (Å²) >= 11 is 0. The molecule has 0 radical (unpaired) electrons. The molecule has 1 aliphatic heterocycles. The molecule has 1 aromatic heterocycles. The highest BCUT2D eigenvalue weighted by atomic mass is 16.5. The molecule has 0 saturated carbocycles. The van der Waals surface area contributed by atoms with E-state index >= 15 is 0 Å². The van der Waals surface area contributed by atoms with Crippen LogP contribution in [-0.4, -0.2) is 31.6 Å². The van der Waals surface area contributed by atoms with Crippen LogP contribution in [0.15, 0.2) is 42.3 Å². The second-order valence-electron chi connectivity index (χ2n) is 7.32. The van der Waals surface area contributed by atoms with Crippen LogP contribution < -0.4 is 19.5 Å². The van der Waals surface area contributed by atoms with E-state index in [1.54, 1.807) is 19.3 Å². The normalized spacial score (nSPS) is 14.8. The minimum Gasteiger partial charge on any atom is -0.872 e. The average molecular weight is 378 g/mol. The Labute approximate surface area is 163 Å². The number of carbonyl (C=O) groups is 1. The minimum absolute atomic E-state index is 0.108. The monoisotopic (exact) mass is 378 g/mol. The van der Waals surface area contributed by atoms with Gasteiger partial charge in [0, 0.05) is 35.3 Å². The van der Waals surface area contributed by atoms with Crippen molar-refractivity contribution in [2.24, 2.45) is 7.05 Å². The summed E-state index contributed by atoms with van der Waals surface area (Å²) in [6.45, 7) is 0.494. The third-order valence-corrected chi connectivity index (χ3v) is 4.94. The van der Waals surface area contributed by atoms with Crippen LogP contribution in [0.3, 0.4) is 0 Å². The standard InChI is InChI=1S/C22H22N2O4/c1-23(2)12-17-19(25)8-6-15-21(26)20(28-22(15)17)9-13-11-24(3)18-7-5-14(27-4)10-16(13)18/h5-11,25H,12H2,1-4H3/b20-9+. The average Bonchev–Trinajstić information content (AvgIpc) is 3.15. The van der Waals surface area contributed by atoms with Crippen LogP contribution in [0, 0.1) is 0 Å². The van der Waals surface area contributed by atoms with Gasteiger partial charge in [0.05, 0.1) is 26.8 Å². The zero-order valence-corrected chi connectivity index (χ0v) is 16.3. The van der Waals surface area contributed by atoms with E-state index in [1.165, 1.54) is 6.07 Å². The first-order valence-electron chi connectivity index (χ1n) is 9.08. The molecular formula is C22H22N2O4. The van der Waals surface area contributed by atoms with Crippen LogP contribution in [0.4, 0.5) is 0 Å². The Bertz CT molecular complexity index is 1130. The molecular weight excluding hydrogens is 356 g/mol. The zero-order chi connectivity index (χ0) is 20.0. The number of benzene rings is 2. The summed E-state index contributed by atoms with van der Waals surface area (Å²) in [5, 5.41) is 13.3. The first-order chi connectivity index (χ1) is 13.4. The Hall–Kier alpha value is -3.25. The summed E-state index contributed by atoms with van der Waals surface area (Å²) in [4.78, 5) is 14.0. The lowest BCUT2D eigenvalue weighted by atomic mass is 10.0. The quantitative estimate of drug-likeness (QED) is 0.699. The van der Waals surface area contributed by atoms with Crippen molar-refractivity contribution in [2.45, 2.75) is 6.54 Å². The van der Waals surface area contributed by atoms with Crippen molar-refractivity contribution in [3.63, 3.8) is 0 Å². The first kappa shape index (κ1) is 18.1. The molecule has 0 spiro atoms. The summed E-state index contributed by atoms with van der Waals surface area (Å²) in [6.07, 6.45) is 3.68. The van der Waals surface area contributed by atoms with Gasteiger partial charge < -0.3 is 24.0 Å². The lowest BCUT2D eigenvalue weighted by Crippen LogP contribution is -3.04. The molecule has 28 heavy (non-hydrogen) atoms. The van der Waals surface area contributed by atoms with Gasteiger partial charge in [-0.3, -0.25) is 4.79 Å². The Balaban J connectivity index is 1.80. The molecule has 6 heteroatoms. The van der Waals surface area contributed by atoms with Crippen molar-refractivity contribution in [2.75, 3.05) is 21.2 Å². The third kappa shape index (κ3) is 2.92. The van der Waals surface area contributed by atoms with Crippen molar-refractivity contribution in [3.8, 4) is 17.2 Å². The highest BCUT2D eigenvalue weighted by Crippen LogP contribution is 2.39. The van der Waals surface area contributed by atoms with E-state index in [2.05, 4.69) is 0 Å². The molecule has 0 amide bonds. The van der Waals surface area contributed by atoms with Crippen molar-refractivity contribution < 1.29 is 24.3 Å². The lowest BCUT2D eigenvalue weighted by Gasteiger charge is -2.17. The highest BCUT2D eigenvalue weighted by Gasteiger charge is 2.30. The number of hydrogen-bond donors (Lipinski definition) is 1. The molecule has 144 valence electrons. The number of ether oxygens (including phenoxy) is 2. The topological polar surface area (TPSA) is 68.0 Å². The second-order valence-corrected chi connectivity index (χ2v) is 7.32. The molecule has 2 aromatic carbocycles. The molecule has 0 bridgehead atoms. The number of fused-ring (bicyclic) bond motifs is 2. The number of allylic oxidation sites excluding steroid dienone is 1. The van der Waals surface area contributed by atoms with E-state index < -0.39 is 0 Å². The van der Waals surface area contributed by atoms with E-state index in [4.69, 9.17) is 9.47 Å². The maximum absolute atomic E-state index is 12.9. The van der Waals surface area contributed by atoms with Gasteiger partial charge in [-0.1, -0.05) is 11.8 Å². The van der Waals surface area contributed by atoms with Crippen molar-refractivity contribution >= 4 is 22.8 Å². The molecule has 1 N–H and O–H groups in total. The number of carbonyl (C=O) groups excluding carboxylic acids is 1. The summed E-state index contributed by atoms with van der Waals surface area (Å²) in [6, 6.07) is 8.82. The fraction of sp³-hybridized carbons (Fsp3) is 0.227. The predicted octanol–water partition coefficient (Wildman–Crippen LogP) is 1.52. The molecule has 4 rings (SSSR count). The second kappa shape index (κ2) is 6.73. The molecule has 3 aromatic rings. The fourth-order valence-electron chi connectivity index (χ4n) is 3.60. The van der Waals surface area contributed by atoms with Gasteiger partial charge in [-0.25, -0.2) is 0 Å². The summed E-state index contributed by atoms with van der Waals surface area (Å²) in [7, 11) is 7.48. The molecule has 1 aliphatic rings. The molecule has 6 nitrogen and oxygen atoms in total. The molecule has 0 saturated heterocycles. The van der Waals surface area contributed by atoms with Crippen molar-refractivity contribution in [1.82, 2.24) is 4.57 Å². The van der Waals surface area contributed by atoms with Crippen LogP contribution in [0.2, 0.25) is 0 Å². The van der Waals surface area contributed by atoms with Gasteiger partial charge in [-0.15, -0.1) is 0 Å². The van der Waals surface area contributed by atoms with Gasteiger partial charge in [0.2, 0.25) is 5.78 Å². The van der Waals surface area contributed by atoms with Crippen molar-refractivity contribution in [1.29, 1.82) is 0 Å². The number of aromatic nitrogens is 1. The Morgan fingerprint density at radius 2 is 2.04 bits per heavy atom. The Morgan fingerprint density at radius 3 is 2.75 bits per heavy atom. The van der Waals surface area contributed by atoms with Gasteiger partial charge >= 0.3 is 0 Å². The van der Waals surface area contributed by atoms with E-state index in [1.807, 2.05) is 50.1 Å². The predicted molar refractivity (Wildman–Crippen MR) is 105 cm³/mol. The number of nitrogens with one attached hydrogen (secondary N) is 1. The Kier molecular flexibility index (Phi) is 4.35. The highest BCUT2D eigenvalue weighted by molar-refractivity contribution is 6.15. The molecule has 0 atom stereocenters. The smallest absolute Gasteiger partial charge is 0.231 e. The maximum atomic E-state index is 12.9. The molecule has 0 aliphatic carbocycles. The molecule has 2 heterocycles. The van der Waals surface area contributed by atoms with E-state index in [0.717, 1.165) is 27.1 Å². The fourth-order valence-corrected chi connectivity index (χ4v) is 3.60. The summed E-state index contributed by atoms with van der Waals surface area (Å²) in [5.41, 5.74) is 2.86. The van der Waals surface area contributed by atoms with Crippen molar-refractivity contribution in [3.05, 3.63) is 59.0 Å². The lowest BCUT2D eigenvalue weighted by molar-refractivity contribution is -0.872. The molecule has 0 fully saturated rings. The van der Waals surface area contributed by atoms with Gasteiger partial charge in [0.25, 0.3) is 0 Å². The van der Waals surface area contributed by atoms with E-state index in [0.29, 0.717) is 23.4 Å². The van der Waals surface area contributed by atoms with E-state index in [-0.39, 0.29) is 17.3 Å². The zero-order valence-electron chi connectivity index (χ0n) is 16.3. The summed E-state index contributed by atoms with van der Waals surface area (Å²) in [5.74, 6) is 1.05. The number of methoxy groups -OCH3 is 1. The van der Waals surface area contributed by atoms with Crippen LogP contribution in [-0.2, 0) is 13.6 Å². The Morgan fingerprint density at radius 1 is 1.25 bits per heavy atom. The van der Waals surface area contributed by atoms with E-state index in [9.17, 15) is 9.90 Å². The van der Waals surface area contributed by atoms with Gasteiger partial charge in [0.1, 0.15) is 18.0 Å². The number of aryl methyl sites for hydroxylation is 1. The number of hydrogen-bond acceptors (Lipinski definition) is 4. The largest absolute Gasteiger partial charge is 0.872 e. The van der Waals surface area contributed by atoms with Gasteiger partial charge in [0.15, 0.2) is 5.76 Å².